The summed E-state index contributed by atoms with van der Waals surface area (Å²) < 4.78 is 0. The number of unbranched alkanes of at least 4 members (excludes halogenated alkanes) is 1. The summed E-state index contributed by atoms with van der Waals surface area (Å²) in [6, 6.07) is 5.00. The van der Waals surface area contributed by atoms with Crippen molar-refractivity contribution in [1.29, 1.82) is 0 Å². The van der Waals surface area contributed by atoms with Crippen molar-refractivity contribution >= 4 is 11.9 Å². The SMILES string of the molecule is CC(=O)c1c(O)cccc1CCCCNC(=O)O. The van der Waals surface area contributed by atoms with E-state index in [1.807, 2.05) is 0 Å². The van der Waals surface area contributed by atoms with Crippen LogP contribution in [0.4, 0.5) is 4.79 Å². The van der Waals surface area contributed by atoms with E-state index in [4.69, 9.17) is 5.11 Å². The summed E-state index contributed by atoms with van der Waals surface area (Å²) in [7, 11) is 0. The Morgan fingerprint density at radius 3 is 2.61 bits per heavy atom. The van der Waals surface area contributed by atoms with Gasteiger partial charge in [0.1, 0.15) is 5.75 Å². The average Bonchev–Trinajstić information content (AvgIpc) is 2.27. The van der Waals surface area contributed by atoms with Crippen molar-refractivity contribution in [1.82, 2.24) is 5.32 Å². The lowest BCUT2D eigenvalue weighted by atomic mass is 9.98. The van der Waals surface area contributed by atoms with E-state index in [0.717, 1.165) is 12.0 Å². The van der Waals surface area contributed by atoms with E-state index >= 15 is 0 Å². The van der Waals surface area contributed by atoms with Crippen molar-refractivity contribution in [2.24, 2.45) is 0 Å². The zero-order valence-corrected chi connectivity index (χ0v) is 10.3. The summed E-state index contributed by atoms with van der Waals surface area (Å²) >= 11 is 0. The average molecular weight is 251 g/mol. The number of amides is 1. The number of phenolic OH excluding ortho intramolecular Hbond substituents is 1. The Morgan fingerprint density at radius 2 is 2.00 bits per heavy atom. The van der Waals surface area contributed by atoms with Crippen molar-refractivity contribution < 1.29 is 19.8 Å². The van der Waals surface area contributed by atoms with E-state index < -0.39 is 6.09 Å². The van der Waals surface area contributed by atoms with Crippen molar-refractivity contribution in [3.8, 4) is 5.75 Å². The number of phenols is 1. The summed E-state index contributed by atoms with van der Waals surface area (Å²) in [4.78, 5) is 21.6. The number of benzene rings is 1. The third kappa shape index (κ3) is 4.08. The molecule has 98 valence electrons. The topological polar surface area (TPSA) is 86.6 Å². The number of hydrogen-bond donors (Lipinski definition) is 3. The first-order valence-electron chi connectivity index (χ1n) is 5.81. The van der Waals surface area contributed by atoms with Crippen LogP contribution in [0.2, 0.25) is 0 Å². The molecular formula is C13H17NO4. The molecule has 0 aliphatic heterocycles. The summed E-state index contributed by atoms with van der Waals surface area (Å²) in [5.74, 6) is -0.157. The smallest absolute Gasteiger partial charge is 0.404 e. The van der Waals surface area contributed by atoms with Gasteiger partial charge in [-0.2, -0.15) is 0 Å². The zero-order valence-electron chi connectivity index (χ0n) is 10.3. The van der Waals surface area contributed by atoms with Crippen LogP contribution < -0.4 is 5.32 Å². The Hall–Kier alpha value is -2.04. The number of ketones is 1. The fourth-order valence-electron chi connectivity index (χ4n) is 1.84. The highest BCUT2D eigenvalue weighted by molar-refractivity contribution is 5.98. The lowest BCUT2D eigenvalue weighted by molar-refractivity contribution is 0.101. The molecule has 1 rings (SSSR count). The molecule has 0 unspecified atom stereocenters. The van der Waals surface area contributed by atoms with Gasteiger partial charge in [-0.1, -0.05) is 12.1 Å². The van der Waals surface area contributed by atoms with E-state index in [0.29, 0.717) is 24.9 Å². The Kier molecular flexibility index (Phi) is 5.17. The van der Waals surface area contributed by atoms with E-state index in [1.54, 1.807) is 12.1 Å². The maximum absolute atomic E-state index is 11.4. The normalized spacial score (nSPS) is 10.1. The minimum absolute atomic E-state index is 0.00339. The highest BCUT2D eigenvalue weighted by Gasteiger charge is 2.11. The number of Topliss-reactive ketones (excluding diaryl/α,β-unsaturated/α-hetero) is 1. The number of nitrogens with one attached hydrogen (secondary N) is 1. The summed E-state index contributed by atoms with van der Waals surface area (Å²) in [5.41, 5.74) is 1.17. The van der Waals surface area contributed by atoms with Crippen LogP contribution in [0.15, 0.2) is 18.2 Å². The molecular weight excluding hydrogens is 234 g/mol. The molecule has 1 amide bonds. The number of carboxylic acid groups (broad SMARTS) is 1. The van der Waals surface area contributed by atoms with Crippen LogP contribution in [0.5, 0.6) is 5.75 Å². The Bertz CT molecular complexity index is 443. The number of carbonyl (C=O) groups excluding carboxylic acids is 1. The standard InChI is InChI=1S/C13H17NO4/c1-9(15)12-10(6-4-7-11(12)16)5-2-3-8-14-13(17)18/h4,6-7,14,16H,2-3,5,8H2,1H3,(H,17,18). The lowest BCUT2D eigenvalue weighted by Crippen LogP contribution is -2.21. The van der Waals surface area contributed by atoms with Gasteiger partial charge in [-0.15, -0.1) is 0 Å². The molecule has 0 aromatic heterocycles. The fourth-order valence-corrected chi connectivity index (χ4v) is 1.84. The van der Waals surface area contributed by atoms with Crippen LogP contribution in [0.1, 0.15) is 35.7 Å². The van der Waals surface area contributed by atoms with E-state index in [9.17, 15) is 14.7 Å². The van der Waals surface area contributed by atoms with Crippen LogP contribution in [-0.4, -0.2) is 28.6 Å². The van der Waals surface area contributed by atoms with Gasteiger partial charge in [-0.25, -0.2) is 4.79 Å². The highest BCUT2D eigenvalue weighted by Crippen LogP contribution is 2.22. The maximum Gasteiger partial charge on any atom is 0.404 e. The van der Waals surface area contributed by atoms with Gasteiger partial charge in [-0.3, -0.25) is 4.79 Å². The highest BCUT2D eigenvalue weighted by atomic mass is 16.4. The molecule has 3 N–H and O–H groups in total. The summed E-state index contributed by atoms with van der Waals surface area (Å²) in [5, 5.41) is 20.3. The molecule has 0 radical (unpaired) electrons. The molecule has 18 heavy (non-hydrogen) atoms. The Labute approximate surface area is 105 Å². The third-order valence-corrected chi connectivity index (χ3v) is 2.63. The molecule has 0 aliphatic rings. The molecule has 0 aliphatic carbocycles. The number of carbonyl (C=O) groups is 2. The predicted molar refractivity (Wildman–Crippen MR) is 67.1 cm³/mol. The quantitative estimate of drug-likeness (QED) is 0.534. The molecule has 5 nitrogen and oxygen atoms in total. The second kappa shape index (κ2) is 6.64. The predicted octanol–water partition coefficient (Wildman–Crippen LogP) is 2.19. The van der Waals surface area contributed by atoms with Gasteiger partial charge >= 0.3 is 6.09 Å². The molecule has 5 heteroatoms. The van der Waals surface area contributed by atoms with Gasteiger partial charge in [0.05, 0.1) is 5.56 Å². The van der Waals surface area contributed by atoms with Gasteiger partial charge in [0, 0.05) is 6.54 Å². The molecule has 0 bridgehead atoms. The third-order valence-electron chi connectivity index (χ3n) is 2.63. The molecule has 0 saturated carbocycles. The first-order chi connectivity index (χ1) is 8.52. The van der Waals surface area contributed by atoms with Crippen molar-refractivity contribution in [3.05, 3.63) is 29.3 Å². The second-order valence-electron chi connectivity index (χ2n) is 4.06. The van der Waals surface area contributed by atoms with E-state index in [-0.39, 0.29) is 11.5 Å². The summed E-state index contributed by atoms with van der Waals surface area (Å²) in [6.45, 7) is 1.81. The van der Waals surface area contributed by atoms with Gasteiger partial charge < -0.3 is 15.5 Å². The summed E-state index contributed by atoms with van der Waals surface area (Å²) in [6.07, 6.45) is 1.06. The van der Waals surface area contributed by atoms with Crippen molar-refractivity contribution in [3.63, 3.8) is 0 Å². The van der Waals surface area contributed by atoms with Crippen LogP contribution in [0.25, 0.3) is 0 Å². The van der Waals surface area contributed by atoms with Crippen molar-refractivity contribution in [2.45, 2.75) is 26.2 Å². The van der Waals surface area contributed by atoms with Gasteiger partial charge in [0.2, 0.25) is 0 Å². The molecule has 0 atom stereocenters. The van der Waals surface area contributed by atoms with E-state index in [1.165, 1.54) is 13.0 Å². The zero-order chi connectivity index (χ0) is 13.5. The Balaban J connectivity index is 2.54. The first-order valence-corrected chi connectivity index (χ1v) is 5.81. The minimum Gasteiger partial charge on any atom is -0.507 e. The number of aryl methyl sites for hydroxylation is 1. The second-order valence-corrected chi connectivity index (χ2v) is 4.06. The van der Waals surface area contributed by atoms with Crippen LogP contribution in [0, 0.1) is 0 Å². The van der Waals surface area contributed by atoms with Crippen LogP contribution in [0.3, 0.4) is 0 Å². The van der Waals surface area contributed by atoms with Gasteiger partial charge in [-0.05, 0) is 37.8 Å². The lowest BCUT2D eigenvalue weighted by Gasteiger charge is -2.08. The molecule has 0 heterocycles. The van der Waals surface area contributed by atoms with Gasteiger partial charge in [0.25, 0.3) is 0 Å². The molecule has 1 aromatic rings. The van der Waals surface area contributed by atoms with E-state index in [2.05, 4.69) is 5.32 Å². The van der Waals surface area contributed by atoms with Crippen LogP contribution >= 0.6 is 0 Å². The van der Waals surface area contributed by atoms with Crippen molar-refractivity contribution in [2.75, 3.05) is 6.54 Å². The van der Waals surface area contributed by atoms with Crippen LogP contribution in [-0.2, 0) is 6.42 Å². The number of rotatable bonds is 6. The fraction of sp³-hybridized carbons (Fsp3) is 0.385. The number of aromatic hydroxyl groups is 1. The molecule has 0 saturated heterocycles. The molecule has 0 spiro atoms. The monoisotopic (exact) mass is 251 g/mol. The molecule has 0 fully saturated rings. The minimum atomic E-state index is -1.03. The molecule has 1 aromatic carbocycles. The Morgan fingerprint density at radius 1 is 1.28 bits per heavy atom. The van der Waals surface area contributed by atoms with Gasteiger partial charge in [0.15, 0.2) is 5.78 Å². The largest absolute Gasteiger partial charge is 0.507 e. The maximum atomic E-state index is 11.4. The number of hydrogen-bond acceptors (Lipinski definition) is 3. The first kappa shape index (κ1) is 14.0.